The normalized spacial score (nSPS) is 12.8. The lowest BCUT2D eigenvalue weighted by Crippen LogP contribution is -2.50. The summed E-state index contributed by atoms with van der Waals surface area (Å²) in [6, 6.07) is 17.0. The molecule has 2 aromatic carbocycles. The Morgan fingerprint density at radius 2 is 1.76 bits per heavy atom. The molecule has 0 saturated carbocycles. The molecule has 0 fully saturated rings. The highest BCUT2D eigenvalue weighted by Gasteiger charge is 2.26. The zero-order chi connectivity index (χ0) is 21.2. The highest BCUT2D eigenvalue weighted by Crippen LogP contribution is 2.18. The SMILES string of the molecule is CC[C@@H](C)NC(=O)[C@@H](C)N(Cc1cccc(Cl)c1)C(=O)CSCc1ccccc1. The van der Waals surface area contributed by atoms with Crippen molar-refractivity contribution in [2.45, 2.75) is 51.6 Å². The molecule has 0 bridgehead atoms. The lowest BCUT2D eigenvalue weighted by molar-refractivity contribution is -0.138. The number of amides is 2. The van der Waals surface area contributed by atoms with Crippen LogP contribution in [0.2, 0.25) is 5.02 Å². The Balaban J connectivity index is 2.07. The molecule has 0 radical (unpaired) electrons. The first-order chi connectivity index (χ1) is 13.9. The predicted octanol–water partition coefficient (Wildman–Crippen LogP) is 4.91. The molecule has 29 heavy (non-hydrogen) atoms. The molecule has 6 heteroatoms. The van der Waals surface area contributed by atoms with Crippen LogP contribution >= 0.6 is 23.4 Å². The number of benzene rings is 2. The summed E-state index contributed by atoms with van der Waals surface area (Å²) in [5, 5.41) is 3.59. The van der Waals surface area contributed by atoms with Crippen LogP contribution in [0.3, 0.4) is 0 Å². The van der Waals surface area contributed by atoms with E-state index in [4.69, 9.17) is 11.6 Å². The zero-order valence-electron chi connectivity index (χ0n) is 17.2. The predicted molar refractivity (Wildman–Crippen MR) is 122 cm³/mol. The molecule has 1 N–H and O–H groups in total. The molecule has 0 aromatic heterocycles. The summed E-state index contributed by atoms with van der Waals surface area (Å²) >= 11 is 7.66. The van der Waals surface area contributed by atoms with Gasteiger partial charge in [0.25, 0.3) is 0 Å². The van der Waals surface area contributed by atoms with Crippen LogP contribution in [0, 0.1) is 0 Å². The molecule has 2 atom stereocenters. The van der Waals surface area contributed by atoms with Gasteiger partial charge in [0.2, 0.25) is 11.8 Å². The number of nitrogens with zero attached hydrogens (tertiary/aromatic N) is 1. The molecule has 2 aromatic rings. The molecule has 2 rings (SSSR count). The minimum Gasteiger partial charge on any atom is -0.352 e. The summed E-state index contributed by atoms with van der Waals surface area (Å²) in [7, 11) is 0. The minimum absolute atomic E-state index is 0.0577. The molecular weight excluding hydrogens is 404 g/mol. The van der Waals surface area contributed by atoms with Gasteiger partial charge in [-0.25, -0.2) is 0 Å². The number of hydrogen-bond acceptors (Lipinski definition) is 3. The fourth-order valence-corrected chi connectivity index (χ4v) is 3.88. The standard InChI is InChI=1S/C23H29ClN2O2S/c1-4-17(2)25-23(28)18(3)26(14-20-11-8-12-21(24)13-20)22(27)16-29-15-19-9-6-5-7-10-19/h5-13,17-18H,4,14-16H2,1-3H3,(H,25,28)/t17-,18-/m1/s1. The third kappa shape index (κ3) is 7.75. The van der Waals surface area contributed by atoms with Crippen LogP contribution in [0.25, 0.3) is 0 Å². The van der Waals surface area contributed by atoms with Crippen LogP contribution in [0.5, 0.6) is 0 Å². The van der Waals surface area contributed by atoms with E-state index in [0.29, 0.717) is 17.3 Å². The summed E-state index contributed by atoms with van der Waals surface area (Å²) in [5.74, 6) is 0.877. The number of hydrogen-bond donors (Lipinski definition) is 1. The van der Waals surface area contributed by atoms with Gasteiger partial charge in [-0.2, -0.15) is 0 Å². The van der Waals surface area contributed by atoms with E-state index >= 15 is 0 Å². The highest BCUT2D eigenvalue weighted by molar-refractivity contribution is 7.99. The second-order valence-electron chi connectivity index (χ2n) is 7.12. The Labute approximate surface area is 183 Å². The molecule has 0 saturated heterocycles. The van der Waals surface area contributed by atoms with Gasteiger partial charge in [-0.05, 0) is 43.5 Å². The van der Waals surface area contributed by atoms with Crippen molar-refractivity contribution < 1.29 is 9.59 Å². The third-order valence-corrected chi connectivity index (χ3v) is 5.97. The molecule has 0 aliphatic rings. The van der Waals surface area contributed by atoms with Crippen molar-refractivity contribution in [3.8, 4) is 0 Å². The van der Waals surface area contributed by atoms with Crippen molar-refractivity contribution in [2.24, 2.45) is 0 Å². The molecule has 0 unspecified atom stereocenters. The maximum atomic E-state index is 13.0. The van der Waals surface area contributed by atoms with Crippen LogP contribution in [-0.2, 0) is 21.9 Å². The summed E-state index contributed by atoms with van der Waals surface area (Å²) < 4.78 is 0. The van der Waals surface area contributed by atoms with Crippen LogP contribution in [0.15, 0.2) is 54.6 Å². The fraction of sp³-hybridized carbons (Fsp3) is 0.391. The van der Waals surface area contributed by atoms with Crippen LogP contribution in [-0.4, -0.2) is 34.6 Å². The quantitative estimate of drug-likeness (QED) is 0.580. The molecule has 0 spiro atoms. The summed E-state index contributed by atoms with van der Waals surface area (Å²) in [4.78, 5) is 27.3. The highest BCUT2D eigenvalue weighted by atomic mass is 35.5. The van der Waals surface area contributed by atoms with Crippen molar-refractivity contribution in [1.82, 2.24) is 10.2 Å². The minimum atomic E-state index is -0.562. The maximum Gasteiger partial charge on any atom is 0.242 e. The first-order valence-corrected chi connectivity index (χ1v) is 11.4. The van der Waals surface area contributed by atoms with Gasteiger partial charge in [-0.1, -0.05) is 61.0 Å². The first kappa shape index (κ1) is 23.3. The Hall–Kier alpha value is -1.98. The van der Waals surface area contributed by atoms with Gasteiger partial charge in [0, 0.05) is 23.4 Å². The fourth-order valence-electron chi connectivity index (χ4n) is 2.79. The van der Waals surface area contributed by atoms with Gasteiger partial charge < -0.3 is 10.2 Å². The van der Waals surface area contributed by atoms with Gasteiger partial charge in [-0.15, -0.1) is 11.8 Å². The van der Waals surface area contributed by atoms with Crippen molar-refractivity contribution in [3.63, 3.8) is 0 Å². The maximum absolute atomic E-state index is 13.0. The summed E-state index contributed by atoms with van der Waals surface area (Å²) in [5.41, 5.74) is 2.08. The van der Waals surface area contributed by atoms with Gasteiger partial charge in [-0.3, -0.25) is 9.59 Å². The van der Waals surface area contributed by atoms with E-state index in [-0.39, 0.29) is 17.9 Å². The van der Waals surface area contributed by atoms with E-state index in [2.05, 4.69) is 5.32 Å². The molecule has 0 heterocycles. The van der Waals surface area contributed by atoms with Gasteiger partial charge in [0.15, 0.2) is 0 Å². The lowest BCUT2D eigenvalue weighted by Gasteiger charge is -2.29. The topological polar surface area (TPSA) is 49.4 Å². The van der Waals surface area contributed by atoms with Crippen molar-refractivity contribution in [3.05, 3.63) is 70.7 Å². The second kappa shape index (κ2) is 11.9. The molecule has 4 nitrogen and oxygen atoms in total. The Morgan fingerprint density at radius 1 is 1.07 bits per heavy atom. The van der Waals surface area contributed by atoms with Crippen LogP contribution in [0.1, 0.15) is 38.3 Å². The van der Waals surface area contributed by atoms with Crippen molar-refractivity contribution in [1.29, 1.82) is 0 Å². The van der Waals surface area contributed by atoms with E-state index in [1.54, 1.807) is 29.7 Å². The molecule has 0 aliphatic heterocycles. The summed E-state index contributed by atoms with van der Waals surface area (Å²) in [6.45, 7) is 6.11. The molecule has 2 amide bonds. The Bertz CT molecular complexity index is 800. The lowest BCUT2D eigenvalue weighted by atomic mass is 10.1. The van der Waals surface area contributed by atoms with E-state index in [1.165, 1.54) is 5.56 Å². The smallest absolute Gasteiger partial charge is 0.242 e. The molecule has 156 valence electrons. The molecule has 0 aliphatic carbocycles. The number of carbonyl (C=O) groups is 2. The van der Waals surface area contributed by atoms with Gasteiger partial charge in [0.1, 0.15) is 6.04 Å². The summed E-state index contributed by atoms with van der Waals surface area (Å²) in [6.07, 6.45) is 0.841. The number of halogens is 1. The van der Waals surface area contributed by atoms with Crippen LogP contribution < -0.4 is 5.32 Å². The molecular formula is C23H29ClN2O2S. The Kier molecular flexibility index (Phi) is 9.55. The zero-order valence-corrected chi connectivity index (χ0v) is 18.8. The number of carbonyl (C=O) groups excluding carboxylic acids is 2. The monoisotopic (exact) mass is 432 g/mol. The number of thioether (sulfide) groups is 1. The van der Waals surface area contributed by atoms with E-state index in [0.717, 1.165) is 17.7 Å². The van der Waals surface area contributed by atoms with E-state index in [1.807, 2.05) is 62.4 Å². The van der Waals surface area contributed by atoms with E-state index < -0.39 is 6.04 Å². The largest absolute Gasteiger partial charge is 0.352 e. The average molecular weight is 433 g/mol. The van der Waals surface area contributed by atoms with Crippen molar-refractivity contribution in [2.75, 3.05) is 5.75 Å². The third-order valence-electron chi connectivity index (χ3n) is 4.75. The van der Waals surface area contributed by atoms with Crippen molar-refractivity contribution >= 4 is 35.2 Å². The average Bonchev–Trinajstić information content (AvgIpc) is 2.72. The number of rotatable bonds is 10. The van der Waals surface area contributed by atoms with Gasteiger partial charge >= 0.3 is 0 Å². The Morgan fingerprint density at radius 3 is 2.41 bits per heavy atom. The second-order valence-corrected chi connectivity index (χ2v) is 8.55. The van der Waals surface area contributed by atoms with E-state index in [9.17, 15) is 9.59 Å². The van der Waals surface area contributed by atoms with Gasteiger partial charge in [0.05, 0.1) is 5.75 Å². The first-order valence-electron chi connectivity index (χ1n) is 9.86. The number of nitrogens with one attached hydrogen (secondary N) is 1. The van der Waals surface area contributed by atoms with Crippen LogP contribution in [0.4, 0.5) is 0 Å².